The van der Waals surface area contributed by atoms with Crippen molar-refractivity contribution in [1.82, 2.24) is 35.0 Å². The van der Waals surface area contributed by atoms with Gasteiger partial charge in [0.1, 0.15) is 17.0 Å². The Bertz CT molecular complexity index is 4170. The summed E-state index contributed by atoms with van der Waals surface area (Å²) >= 11 is 9.08. The molecule has 101 heavy (non-hydrogen) atoms. The number of sulfonamides is 1. The number of carbonyl (C=O) groups is 5. The molecule has 0 saturated carbocycles. The van der Waals surface area contributed by atoms with E-state index < -0.39 is 100 Å². The van der Waals surface area contributed by atoms with Crippen LogP contribution in [0.5, 0.6) is 0 Å². The van der Waals surface area contributed by atoms with E-state index in [1.54, 1.807) is 63.7 Å². The van der Waals surface area contributed by atoms with Crippen molar-refractivity contribution in [3.05, 3.63) is 160 Å². The number of likely N-dealkylation sites (tertiary alicyclic amines) is 1. The Morgan fingerprint density at radius 3 is 2.15 bits per heavy atom. The van der Waals surface area contributed by atoms with E-state index in [9.17, 15) is 59.1 Å². The van der Waals surface area contributed by atoms with E-state index in [4.69, 9.17) is 11.6 Å². The first-order chi connectivity index (χ1) is 47.7. The fourth-order valence-corrected chi connectivity index (χ4v) is 16.9. The Hall–Kier alpha value is -7.33. The minimum absolute atomic E-state index is 0.0238. The van der Waals surface area contributed by atoms with Crippen molar-refractivity contribution >= 4 is 101 Å². The summed E-state index contributed by atoms with van der Waals surface area (Å²) in [5, 5.41) is 20.3. The van der Waals surface area contributed by atoms with Crippen LogP contribution >= 0.6 is 34.7 Å². The number of alkyl halides is 3. The van der Waals surface area contributed by atoms with E-state index in [2.05, 4.69) is 56.7 Å². The lowest BCUT2D eigenvalue weighted by Gasteiger charge is -2.39. The predicted octanol–water partition coefficient (Wildman–Crippen LogP) is 12.7. The third kappa shape index (κ3) is 20.5. The van der Waals surface area contributed by atoms with Gasteiger partial charge in [-0.3, -0.25) is 28.9 Å². The van der Waals surface area contributed by atoms with Crippen molar-refractivity contribution in [3.8, 4) is 10.4 Å². The standard InChI is InChI=1S/C74H91ClF3N9O10S4/c1-48(50-19-21-52(22-20-50)67-49(2)79-47-99-67)80-70(92)63-41-58(88)45-87(63)71(93)68(72(3,4)5)82-65(89)17-13-10-14-18-66(90)84(8)36-34-56(46-98-59-15-11-9-12-16-59)81-62-32-31-60(42-64(62)100(94,95)74(76,77)78)101(96,97)83-69(91)53-25-29-57(30-26-53)86-39-37-85(38-40-86)44-54-43-73(6,7)35-33-61(54)51-23-27-55(75)28-24-51/h9,11-12,15-16,19-32,42,47-48,56,58,63,68,81,88H,10,13-14,17-18,33-41,43-46H2,1-8H3,(H,80,92)(H,82,89)(H,83,91)/t48-,56+,58+,63-,68+/m0/s1. The number of aliphatic hydroxyl groups excluding tert-OH is 1. The summed E-state index contributed by atoms with van der Waals surface area (Å²) in [6.45, 7) is 17.5. The molecular weight excluding hydrogens is 1400 g/mol. The normalized spacial score (nSPS) is 17.8. The molecule has 6 aromatic rings. The Morgan fingerprint density at radius 1 is 0.842 bits per heavy atom. The van der Waals surface area contributed by atoms with Crippen LogP contribution in [0.3, 0.4) is 0 Å². The fourth-order valence-electron chi connectivity index (χ4n) is 13.0. The van der Waals surface area contributed by atoms with Crippen molar-refractivity contribution in [2.24, 2.45) is 10.8 Å². The van der Waals surface area contributed by atoms with Gasteiger partial charge >= 0.3 is 5.51 Å². The van der Waals surface area contributed by atoms with Crippen LogP contribution in [0.15, 0.2) is 147 Å². The number of anilines is 2. The molecule has 27 heteroatoms. The first kappa shape index (κ1) is 77.8. The number of aliphatic hydroxyl groups is 1. The number of benzene rings is 5. The molecule has 5 atom stereocenters. The number of carbonyl (C=O) groups excluding carboxylic acids is 5. The number of rotatable bonds is 28. The quantitative estimate of drug-likeness (QED) is 0.0226. The Morgan fingerprint density at radius 2 is 1.50 bits per heavy atom. The van der Waals surface area contributed by atoms with Gasteiger partial charge in [0.2, 0.25) is 23.6 Å². The zero-order chi connectivity index (χ0) is 73.2. The van der Waals surface area contributed by atoms with Crippen molar-refractivity contribution in [3.63, 3.8) is 0 Å². The van der Waals surface area contributed by atoms with Crippen LogP contribution < -0.4 is 25.6 Å². The van der Waals surface area contributed by atoms with E-state index in [1.807, 2.05) is 67.1 Å². The summed E-state index contributed by atoms with van der Waals surface area (Å²) in [5.74, 6) is -2.55. The molecule has 0 radical (unpaired) electrons. The maximum atomic E-state index is 14.6. The monoisotopic (exact) mass is 1490 g/mol. The van der Waals surface area contributed by atoms with Gasteiger partial charge in [0, 0.05) is 105 Å². The van der Waals surface area contributed by atoms with Crippen molar-refractivity contribution in [1.29, 1.82) is 0 Å². The van der Waals surface area contributed by atoms with E-state index >= 15 is 0 Å². The summed E-state index contributed by atoms with van der Waals surface area (Å²) < 4.78 is 100. The number of hydrogen-bond donors (Lipinski definition) is 5. The average Bonchev–Trinajstić information content (AvgIpc) is 1.19. The molecule has 5 N–H and O–H groups in total. The molecule has 3 heterocycles. The second-order valence-electron chi connectivity index (χ2n) is 28.3. The first-order valence-corrected chi connectivity index (χ1v) is 39.2. The van der Waals surface area contributed by atoms with Gasteiger partial charge in [0.25, 0.3) is 25.8 Å². The van der Waals surface area contributed by atoms with Gasteiger partial charge in [-0.15, -0.1) is 23.1 Å². The molecule has 1 aromatic heterocycles. The molecule has 544 valence electrons. The highest BCUT2D eigenvalue weighted by Crippen LogP contribution is 2.44. The molecule has 5 aromatic carbocycles. The SMILES string of the molecule is Cc1ncsc1-c1ccc([C@H](C)NC(=O)[C@@H]2C[C@@H](O)CN2C(=O)[C@@H](NC(=O)CCCCCC(=O)N(C)CC[C@H](CSc2ccccc2)Nc2ccc(S(=O)(=O)NC(=O)c3ccc(N4CCN(CC5=C(c6ccc(Cl)cc6)CCC(C)(C)C5)CC4)cc3)cc2S(=O)(=O)C(F)(F)F)C(C)(C)C)cc1. The third-order valence-electron chi connectivity index (χ3n) is 18.9. The molecule has 5 amide bonds. The largest absolute Gasteiger partial charge is 0.501 e. The number of thioether (sulfide) groups is 1. The van der Waals surface area contributed by atoms with Gasteiger partial charge in [-0.25, -0.2) is 26.5 Å². The highest BCUT2D eigenvalue weighted by atomic mass is 35.5. The van der Waals surface area contributed by atoms with Crippen LogP contribution in [0.2, 0.25) is 5.02 Å². The van der Waals surface area contributed by atoms with Crippen LogP contribution in [-0.4, -0.2) is 160 Å². The van der Waals surface area contributed by atoms with Crippen LogP contribution in [0, 0.1) is 17.8 Å². The molecule has 3 aliphatic rings. The highest BCUT2D eigenvalue weighted by Gasteiger charge is 2.49. The summed E-state index contributed by atoms with van der Waals surface area (Å²) in [4.78, 5) is 80.0. The number of unbranched alkanes of at least 4 members (excludes halogenated alkanes) is 2. The number of allylic oxidation sites excluding steroid dienone is 1. The molecule has 2 fully saturated rings. The highest BCUT2D eigenvalue weighted by molar-refractivity contribution is 7.99. The number of aryl methyl sites for hydroxylation is 1. The molecule has 9 rings (SSSR count). The molecule has 0 unspecified atom stereocenters. The lowest BCUT2D eigenvalue weighted by atomic mass is 9.73. The molecule has 0 spiro atoms. The van der Waals surface area contributed by atoms with Crippen LogP contribution in [0.4, 0.5) is 24.5 Å². The second kappa shape index (κ2) is 33.4. The molecule has 1 aliphatic carbocycles. The molecular formula is C74H91ClF3N9O10S4. The maximum Gasteiger partial charge on any atom is 0.501 e. The Balaban J connectivity index is 0.771. The number of β-amino-alcohol motifs (C(OH)–C–C–N with tert-alkyl or cyclic N) is 1. The number of sulfone groups is 1. The van der Waals surface area contributed by atoms with E-state index in [1.165, 1.54) is 61.7 Å². The van der Waals surface area contributed by atoms with Crippen LogP contribution in [-0.2, 0) is 39.0 Å². The number of hydrogen-bond acceptors (Lipinski definition) is 16. The summed E-state index contributed by atoms with van der Waals surface area (Å²) in [5.41, 5.74) is 2.26. The third-order valence-corrected chi connectivity index (χ3v) is 24.1. The topological polar surface area (TPSA) is 248 Å². The Kier molecular flexibility index (Phi) is 25.7. The van der Waals surface area contributed by atoms with Gasteiger partial charge in [0.05, 0.1) is 38.8 Å². The van der Waals surface area contributed by atoms with Crippen molar-refractivity contribution < 1.29 is 59.1 Å². The van der Waals surface area contributed by atoms with Gasteiger partial charge < -0.3 is 35.8 Å². The number of nitrogens with one attached hydrogen (secondary N) is 4. The van der Waals surface area contributed by atoms with Gasteiger partial charge in [0.15, 0.2) is 0 Å². The first-order valence-electron chi connectivity index (χ1n) is 34.0. The van der Waals surface area contributed by atoms with E-state index in [-0.39, 0.29) is 61.4 Å². The second-order valence-corrected chi connectivity index (χ2v) is 34.3. The zero-order valence-electron chi connectivity index (χ0n) is 58.2. The lowest BCUT2D eigenvalue weighted by Crippen LogP contribution is -2.57. The van der Waals surface area contributed by atoms with Crippen LogP contribution in [0.25, 0.3) is 16.0 Å². The van der Waals surface area contributed by atoms with Crippen LogP contribution in [0.1, 0.15) is 139 Å². The number of amides is 5. The van der Waals surface area contributed by atoms with Crippen molar-refractivity contribution in [2.45, 2.75) is 163 Å². The number of nitrogens with zero attached hydrogens (tertiary/aromatic N) is 5. The van der Waals surface area contributed by atoms with E-state index in [0.29, 0.717) is 43.4 Å². The molecule has 19 nitrogen and oxygen atoms in total. The van der Waals surface area contributed by atoms with Crippen molar-refractivity contribution in [2.75, 3.05) is 68.8 Å². The Labute approximate surface area is 604 Å². The minimum atomic E-state index is -6.23. The summed E-state index contributed by atoms with van der Waals surface area (Å²) in [6, 6.07) is 30.1. The minimum Gasteiger partial charge on any atom is -0.391 e. The number of aromatic nitrogens is 1. The predicted molar refractivity (Wildman–Crippen MR) is 392 cm³/mol. The number of piperazine rings is 1. The number of thiazole rings is 1. The summed E-state index contributed by atoms with van der Waals surface area (Å²) in [6.07, 6.45) is 3.53. The molecule has 2 saturated heterocycles. The summed E-state index contributed by atoms with van der Waals surface area (Å²) in [7, 11) is -9.65. The molecule has 0 bridgehead atoms. The van der Waals surface area contributed by atoms with E-state index in [0.717, 1.165) is 83.3 Å². The lowest BCUT2D eigenvalue weighted by molar-refractivity contribution is -0.144. The maximum absolute atomic E-state index is 14.6. The average molecular weight is 1490 g/mol. The fraction of sp³-hybridized carbons (Fsp3) is 0.459. The van der Waals surface area contributed by atoms with Gasteiger partial charge in [-0.2, -0.15) is 13.2 Å². The zero-order valence-corrected chi connectivity index (χ0v) is 62.3. The van der Waals surface area contributed by atoms with Gasteiger partial charge in [-0.05, 0) is 152 Å². The van der Waals surface area contributed by atoms with Gasteiger partial charge in [-0.1, -0.05) is 113 Å². The number of halogens is 4. The molecule has 2 aliphatic heterocycles. The smallest absolute Gasteiger partial charge is 0.391 e.